The van der Waals surface area contributed by atoms with Crippen LogP contribution in [0.3, 0.4) is 0 Å². The maximum absolute atomic E-state index is 13.3. The normalized spacial score (nSPS) is 42.6. The van der Waals surface area contributed by atoms with Crippen molar-refractivity contribution in [2.24, 2.45) is 35.5 Å². The SMILES string of the molecule is CC[C@@]1(OCC(=O)C2CCCC(C(=O)CO[C@@]3(CC)CC[C@H]4CCC[C@@H]3C4)C2)CC[C@@H]2CCC[C@H]1C2. The maximum Gasteiger partial charge on any atom is 0.161 e. The molecular formula is C32H52O4. The van der Waals surface area contributed by atoms with E-state index in [-0.39, 0.29) is 47.8 Å². The first kappa shape index (κ1) is 26.9. The van der Waals surface area contributed by atoms with Crippen LogP contribution in [0.4, 0.5) is 0 Å². The van der Waals surface area contributed by atoms with Gasteiger partial charge in [-0.05, 0) is 107 Å². The molecular weight excluding hydrogens is 448 g/mol. The zero-order valence-electron chi connectivity index (χ0n) is 23.2. The van der Waals surface area contributed by atoms with Crippen molar-refractivity contribution < 1.29 is 19.1 Å². The fraction of sp³-hybridized carbons (Fsp3) is 0.938. The zero-order valence-corrected chi connectivity index (χ0v) is 23.2. The van der Waals surface area contributed by atoms with E-state index in [1.807, 2.05) is 0 Å². The average Bonchev–Trinajstić information content (AvgIpc) is 2.93. The molecule has 0 saturated heterocycles. The molecule has 5 aliphatic carbocycles. The molecule has 4 heteroatoms. The molecule has 0 N–H and O–H groups in total. The van der Waals surface area contributed by atoms with Gasteiger partial charge in [0.05, 0.1) is 11.2 Å². The van der Waals surface area contributed by atoms with Crippen molar-refractivity contribution in [3.05, 3.63) is 0 Å². The lowest BCUT2D eigenvalue weighted by molar-refractivity contribution is -0.157. The van der Waals surface area contributed by atoms with Gasteiger partial charge in [-0.25, -0.2) is 0 Å². The monoisotopic (exact) mass is 500 g/mol. The molecule has 204 valence electrons. The minimum absolute atomic E-state index is 0.0155. The number of carbonyl (C=O) groups is 2. The molecule has 0 heterocycles. The highest BCUT2D eigenvalue weighted by Gasteiger charge is 2.47. The predicted molar refractivity (Wildman–Crippen MR) is 143 cm³/mol. The Bertz CT molecular complexity index is 716. The Morgan fingerprint density at radius 1 is 0.611 bits per heavy atom. The van der Waals surface area contributed by atoms with Crippen molar-refractivity contribution in [3.63, 3.8) is 0 Å². The zero-order chi connectivity index (χ0) is 25.2. The van der Waals surface area contributed by atoms with Gasteiger partial charge in [0.15, 0.2) is 11.6 Å². The number of hydrogen-bond donors (Lipinski definition) is 0. The van der Waals surface area contributed by atoms with Gasteiger partial charge in [0.25, 0.3) is 0 Å². The molecule has 2 unspecified atom stereocenters. The molecule has 0 aliphatic heterocycles. The standard InChI is InChI=1S/C32H52O4/c1-3-31(16-14-23-8-5-12-27(31)18-23)35-21-29(33)25-10-7-11-26(20-25)30(34)22-36-32(4-2)17-15-24-9-6-13-28(32)19-24/h23-28H,3-22H2,1-2H3/t23-,24+,25?,26?,27-,28+,31+,32-. The van der Waals surface area contributed by atoms with Crippen molar-refractivity contribution in [1.82, 2.24) is 0 Å². The summed E-state index contributed by atoms with van der Waals surface area (Å²) in [5, 5.41) is 0. The Morgan fingerprint density at radius 2 is 1.06 bits per heavy atom. The van der Waals surface area contributed by atoms with Crippen molar-refractivity contribution in [2.75, 3.05) is 13.2 Å². The van der Waals surface area contributed by atoms with Gasteiger partial charge in [0.1, 0.15) is 13.2 Å². The van der Waals surface area contributed by atoms with E-state index in [4.69, 9.17) is 9.47 Å². The number of fused-ring (bicyclic) bond motifs is 4. The van der Waals surface area contributed by atoms with Gasteiger partial charge in [-0.1, -0.05) is 46.0 Å². The second kappa shape index (κ2) is 11.6. The minimum Gasteiger partial charge on any atom is -0.367 e. The molecule has 0 spiro atoms. The first-order valence-corrected chi connectivity index (χ1v) is 15.8. The van der Waals surface area contributed by atoms with Gasteiger partial charge in [0, 0.05) is 11.8 Å². The molecule has 0 aromatic heterocycles. The molecule has 0 aromatic carbocycles. The van der Waals surface area contributed by atoms with Crippen LogP contribution in [-0.2, 0) is 19.1 Å². The van der Waals surface area contributed by atoms with Gasteiger partial charge < -0.3 is 9.47 Å². The highest BCUT2D eigenvalue weighted by atomic mass is 16.5. The van der Waals surface area contributed by atoms with Gasteiger partial charge >= 0.3 is 0 Å². The Kier molecular flexibility index (Phi) is 8.62. The van der Waals surface area contributed by atoms with Crippen LogP contribution >= 0.6 is 0 Å². The minimum atomic E-state index is -0.0864. The molecule has 36 heavy (non-hydrogen) atoms. The predicted octanol–water partition coefficient (Wildman–Crippen LogP) is 7.46. The third-order valence-corrected chi connectivity index (χ3v) is 11.8. The van der Waals surface area contributed by atoms with Crippen molar-refractivity contribution in [1.29, 1.82) is 0 Å². The Morgan fingerprint density at radius 3 is 1.50 bits per heavy atom. The van der Waals surface area contributed by atoms with E-state index in [2.05, 4.69) is 13.8 Å². The smallest absolute Gasteiger partial charge is 0.161 e. The summed E-state index contributed by atoms with van der Waals surface area (Å²) in [6, 6.07) is 0. The molecule has 5 saturated carbocycles. The lowest BCUT2D eigenvalue weighted by atomic mass is 9.63. The van der Waals surface area contributed by atoms with Crippen LogP contribution in [0.1, 0.15) is 129 Å². The molecule has 0 amide bonds. The largest absolute Gasteiger partial charge is 0.367 e. The topological polar surface area (TPSA) is 52.6 Å². The molecule has 5 fully saturated rings. The lowest BCUT2D eigenvalue weighted by Crippen LogP contribution is -2.48. The van der Waals surface area contributed by atoms with Crippen molar-refractivity contribution >= 4 is 11.6 Å². The van der Waals surface area contributed by atoms with Crippen LogP contribution in [0.15, 0.2) is 0 Å². The fourth-order valence-corrected chi connectivity index (χ4v) is 9.32. The van der Waals surface area contributed by atoms with Crippen LogP contribution in [0.5, 0.6) is 0 Å². The van der Waals surface area contributed by atoms with Crippen molar-refractivity contribution in [2.45, 2.75) is 141 Å². The number of carbonyl (C=O) groups excluding carboxylic acids is 2. The molecule has 4 bridgehead atoms. The first-order valence-electron chi connectivity index (χ1n) is 15.8. The third kappa shape index (κ3) is 5.51. The number of ether oxygens (including phenoxy) is 2. The number of rotatable bonds is 10. The summed E-state index contributed by atoms with van der Waals surface area (Å²) in [4.78, 5) is 26.6. The van der Waals surface area contributed by atoms with E-state index < -0.39 is 0 Å². The van der Waals surface area contributed by atoms with E-state index >= 15 is 0 Å². The van der Waals surface area contributed by atoms with Crippen LogP contribution in [0.2, 0.25) is 0 Å². The summed E-state index contributed by atoms with van der Waals surface area (Å²) >= 11 is 0. The molecule has 0 radical (unpaired) electrons. The van der Waals surface area contributed by atoms with Gasteiger partial charge in [-0.15, -0.1) is 0 Å². The summed E-state index contributed by atoms with van der Waals surface area (Å²) in [5.74, 6) is 3.48. The fourth-order valence-electron chi connectivity index (χ4n) is 9.32. The Labute approximate surface area is 220 Å². The Balaban J connectivity index is 1.12. The number of ketones is 2. The van der Waals surface area contributed by atoms with Gasteiger partial charge in [0.2, 0.25) is 0 Å². The summed E-state index contributed by atoms with van der Waals surface area (Å²) in [5.41, 5.74) is -0.173. The van der Waals surface area contributed by atoms with Crippen LogP contribution in [0.25, 0.3) is 0 Å². The lowest BCUT2D eigenvalue weighted by Gasteiger charge is -2.49. The molecule has 5 aliphatic rings. The quantitative estimate of drug-likeness (QED) is 0.312. The molecule has 4 nitrogen and oxygen atoms in total. The van der Waals surface area contributed by atoms with Crippen molar-refractivity contribution in [3.8, 4) is 0 Å². The highest BCUT2D eigenvalue weighted by Crippen LogP contribution is 2.50. The summed E-state index contributed by atoms with van der Waals surface area (Å²) < 4.78 is 13.1. The van der Waals surface area contributed by atoms with Gasteiger partial charge in [-0.2, -0.15) is 0 Å². The van der Waals surface area contributed by atoms with Crippen LogP contribution < -0.4 is 0 Å². The van der Waals surface area contributed by atoms with Gasteiger partial charge in [-0.3, -0.25) is 9.59 Å². The molecule has 0 aromatic rings. The first-order chi connectivity index (χ1) is 17.5. The van der Waals surface area contributed by atoms with E-state index in [1.54, 1.807) is 0 Å². The highest BCUT2D eigenvalue weighted by molar-refractivity contribution is 5.86. The summed E-state index contributed by atoms with van der Waals surface area (Å²) in [6.07, 6.45) is 20.8. The second-order valence-electron chi connectivity index (χ2n) is 13.4. The maximum atomic E-state index is 13.3. The molecule has 8 atom stereocenters. The van der Waals surface area contributed by atoms with Crippen LogP contribution in [-0.4, -0.2) is 36.0 Å². The number of Topliss-reactive ketones (excluding diaryl/α,β-unsaturated/α-hetero) is 2. The van der Waals surface area contributed by atoms with E-state index in [0.29, 0.717) is 18.3 Å². The summed E-state index contributed by atoms with van der Waals surface area (Å²) in [6.45, 7) is 4.99. The second-order valence-corrected chi connectivity index (χ2v) is 13.4. The van der Waals surface area contributed by atoms with E-state index in [0.717, 1.165) is 56.8 Å². The molecule has 5 rings (SSSR count). The van der Waals surface area contributed by atoms with E-state index in [9.17, 15) is 9.59 Å². The van der Waals surface area contributed by atoms with Crippen LogP contribution in [0, 0.1) is 35.5 Å². The number of hydrogen-bond acceptors (Lipinski definition) is 4. The summed E-state index contributed by atoms with van der Waals surface area (Å²) in [7, 11) is 0. The Hall–Kier alpha value is -0.740. The van der Waals surface area contributed by atoms with E-state index in [1.165, 1.54) is 64.2 Å². The average molecular weight is 501 g/mol. The third-order valence-electron chi connectivity index (χ3n) is 11.8.